The molecule has 2 N–H and O–H groups in total. The van der Waals surface area contributed by atoms with Gasteiger partial charge in [-0.15, -0.1) is 0 Å². The number of urea groups is 1. The summed E-state index contributed by atoms with van der Waals surface area (Å²) >= 11 is 0. The monoisotopic (exact) mass is 286 g/mol. The second kappa shape index (κ2) is 6.88. The number of carbonyl (C=O) groups is 1. The summed E-state index contributed by atoms with van der Waals surface area (Å²) in [5.74, 6) is -0.241. The first-order valence-electron chi connectivity index (χ1n) is 6.92. The fraction of sp³-hybridized carbons (Fsp3) is 0.235. The minimum atomic E-state index is -0.274. The molecule has 0 heterocycles. The summed E-state index contributed by atoms with van der Waals surface area (Å²) in [6, 6.07) is 12.2. The van der Waals surface area contributed by atoms with Gasteiger partial charge in [0.25, 0.3) is 0 Å². The molecule has 0 aliphatic heterocycles. The molecular weight excluding hydrogens is 267 g/mol. The summed E-state index contributed by atoms with van der Waals surface area (Å²) in [6.07, 6.45) is 0.465. The van der Waals surface area contributed by atoms with E-state index in [1.165, 1.54) is 6.07 Å². The van der Waals surface area contributed by atoms with Crippen LogP contribution in [0.15, 0.2) is 42.5 Å². The van der Waals surface area contributed by atoms with Crippen molar-refractivity contribution in [1.82, 2.24) is 5.32 Å². The first-order chi connectivity index (χ1) is 10.1. The Labute approximate surface area is 124 Å². The summed E-state index contributed by atoms with van der Waals surface area (Å²) in [7, 11) is 0. The first kappa shape index (κ1) is 15.0. The van der Waals surface area contributed by atoms with Crippen molar-refractivity contribution < 1.29 is 9.18 Å². The van der Waals surface area contributed by atoms with E-state index < -0.39 is 0 Å². The van der Waals surface area contributed by atoms with Crippen LogP contribution in [-0.2, 0) is 6.42 Å². The zero-order chi connectivity index (χ0) is 15.2. The van der Waals surface area contributed by atoms with E-state index in [-0.39, 0.29) is 11.8 Å². The van der Waals surface area contributed by atoms with Crippen LogP contribution in [0.2, 0.25) is 0 Å². The lowest BCUT2D eigenvalue weighted by Gasteiger charge is -2.12. The minimum absolute atomic E-state index is 0.241. The Morgan fingerprint density at radius 1 is 1.05 bits per heavy atom. The number of benzene rings is 2. The maximum absolute atomic E-state index is 13.4. The Morgan fingerprint density at radius 2 is 1.71 bits per heavy atom. The first-order valence-corrected chi connectivity index (χ1v) is 6.92. The highest BCUT2D eigenvalue weighted by Crippen LogP contribution is 2.19. The van der Waals surface area contributed by atoms with Crippen LogP contribution in [0.1, 0.15) is 16.7 Å². The van der Waals surface area contributed by atoms with Gasteiger partial charge in [0, 0.05) is 12.2 Å². The van der Waals surface area contributed by atoms with Crippen molar-refractivity contribution in [2.75, 3.05) is 11.9 Å². The summed E-state index contributed by atoms with van der Waals surface area (Å²) < 4.78 is 13.4. The van der Waals surface area contributed by atoms with Crippen molar-refractivity contribution >= 4 is 11.7 Å². The van der Waals surface area contributed by atoms with Gasteiger partial charge in [0.1, 0.15) is 5.82 Å². The molecule has 0 atom stereocenters. The number of para-hydroxylation sites is 1. The van der Waals surface area contributed by atoms with Crippen LogP contribution in [0.4, 0.5) is 14.9 Å². The summed E-state index contributed by atoms with van der Waals surface area (Å²) in [4.78, 5) is 11.9. The van der Waals surface area contributed by atoms with Gasteiger partial charge in [-0.05, 0) is 43.0 Å². The lowest BCUT2D eigenvalue weighted by atomic mass is 10.1. The van der Waals surface area contributed by atoms with E-state index in [0.29, 0.717) is 18.5 Å². The predicted molar refractivity (Wildman–Crippen MR) is 83.0 cm³/mol. The van der Waals surface area contributed by atoms with Crippen LogP contribution in [0, 0.1) is 19.7 Å². The molecule has 2 aromatic rings. The number of nitrogens with one attached hydrogen (secondary N) is 2. The van der Waals surface area contributed by atoms with E-state index >= 15 is 0 Å². The maximum atomic E-state index is 13.4. The van der Waals surface area contributed by atoms with Crippen molar-refractivity contribution in [2.45, 2.75) is 20.3 Å². The quantitative estimate of drug-likeness (QED) is 0.881. The number of hydrogen-bond donors (Lipinski definition) is 2. The predicted octanol–water partition coefficient (Wildman–Crippen LogP) is 3.81. The zero-order valence-corrected chi connectivity index (χ0v) is 12.2. The second-order valence-corrected chi connectivity index (χ2v) is 4.99. The molecule has 0 saturated carbocycles. The Morgan fingerprint density at radius 3 is 2.38 bits per heavy atom. The highest BCUT2D eigenvalue weighted by Gasteiger charge is 2.07. The van der Waals surface area contributed by atoms with E-state index in [1.807, 2.05) is 32.0 Å². The molecule has 3 nitrogen and oxygen atoms in total. The fourth-order valence-corrected chi connectivity index (χ4v) is 2.18. The van der Waals surface area contributed by atoms with Crippen LogP contribution >= 0.6 is 0 Å². The molecule has 110 valence electrons. The van der Waals surface area contributed by atoms with Gasteiger partial charge in [0.2, 0.25) is 0 Å². The standard InChI is InChI=1S/C17H19FN2O/c1-12-6-5-7-13(2)16(12)20-17(21)19-11-10-14-8-3-4-9-15(14)18/h3-9H,10-11H2,1-2H3,(H2,19,20,21). The highest BCUT2D eigenvalue weighted by molar-refractivity contribution is 5.90. The molecule has 0 fully saturated rings. The normalized spacial score (nSPS) is 10.2. The Balaban J connectivity index is 1.87. The van der Waals surface area contributed by atoms with Crippen molar-refractivity contribution in [3.05, 3.63) is 65.0 Å². The minimum Gasteiger partial charge on any atom is -0.338 e. The lowest BCUT2D eigenvalue weighted by molar-refractivity contribution is 0.252. The molecule has 0 radical (unpaired) electrons. The van der Waals surface area contributed by atoms with E-state index in [9.17, 15) is 9.18 Å². The number of amides is 2. The number of hydrogen-bond acceptors (Lipinski definition) is 1. The lowest BCUT2D eigenvalue weighted by Crippen LogP contribution is -2.31. The largest absolute Gasteiger partial charge is 0.338 e. The molecule has 21 heavy (non-hydrogen) atoms. The number of rotatable bonds is 4. The van der Waals surface area contributed by atoms with Gasteiger partial charge in [-0.2, -0.15) is 0 Å². The Bertz CT molecular complexity index is 620. The highest BCUT2D eigenvalue weighted by atomic mass is 19.1. The average Bonchev–Trinajstić information content (AvgIpc) is 2.45. The summed E-state index contributed by atoms with van der Waals surface area (Å²) in [5, 5.41) is 5.58. The Hall–Kier alpha value is -2.36. The number of anilines is 1. The molecule has 0 bridgehead atoms. The number of carbonyl (C=O) groups excluding carboxylic acids is 1. The Kier molecular flexibility index (Phi) is 4.93. The van der Waals surface area contributed by atoms with Crippen molar-refractivity contribution in [1.29, 1.82) is 0 Å². The van der Waals surface area contributed by atoms with Crippen molar-refractivity contribution in [3.8, 4) is 0 Å². The van der Waals surface area contributed by atoms with Gasteiger partial charge in [-0.3, -0.25) is 0 Å². The third-order valence-electron chi connectivity index (χ3n) is 3.36. The van der Waals surface area contributed by atoms with E-state index in [4.69, 9.17) is 0 Å². The number of aryl methyl sites for hydroxylation is 2. The van der Waals surface area contributed by atoms with Gasteiger partial charge in [0.05, 0.1) is 0 Å². The molecule has 2 amide bonds. The molecule has 0 unspecified atom stereocenters. The maximum Gasteiger partial charge on any atom is 0.319 e. The molecule has 0 aliphatic rings. The zero-order valence-electron chi connectivity index (χ0n) is 12.2. The van der Waals surface area contributed by atoms with Gasteiger partial charge < -0.3 is 10.6 Å². The van der Waals surface area contributed by atoms with Gasteiger partial charge in [-0.25, -0.2) is 9.18 Å². The molecule has 2 rings (SSSR count). The SMILES string of the molecule is Cc1cccc(C)c1NC(=O)NCCc1ccccc1F. The van der Waals surface area contributed by atoms with Crippen molar-refractivity contribution in [3.63, 3.8) is 0 Å². The molecule has 4 heteroatoms. The summed E-state index contributed by atoms with van der Waals surface area (Å²) in [5.41, 5.74) is 3.45. The van der Waals surface area contributed by atoms with Crippen LogP contribution < -0.4 is 10.6 Å². The van der Waals surface area contributed by atoms with Gasteiger partial charge in [-0.1, -0.05) is 36.4 Å². The van der Waals surface area contributed by atoms with E-state index in [0.717, 1.165) is 16.8 Å². The fourth-order valence-electron chi connectivity index (χ4n) is 2.18. The van der Waals surface area contributed by atoms with Crippen LogP contribution in [0.25, 0.3) is 0 Å². The number of halogens is 1. The topological polar surface area (TPSA) is 41.1 Å². The molecule has 2 aromatic carbocycles. The molecule has 0 saturated heterocycles. The molecule has 0 spiro atoms. The van der Waals surface area contributed by atoms with E-state index in [1.54, 1.807) is 18.2 Å². The third-order valence-corrected chi connectivity index (χ3v) is 3.36. The molecular formula is C17H19FN2O. The van der Waals surface area contributed by atoms with Crippen LogP contribution in [0.3, 0.4) is 0 Å². The third kappa shape index (κ3) is 4.05. The van der Waals surface area contributed by atoms with Crippen LogP contribution in [-0.4, -0.2) is 12.6 Å². The summed E-state index contributed by atoms with van der Waals surface area (Å²) in [6.45, 7) is 4.28. The van der Waals surface area contributed by atoms with Gasteiger partial charge >= 0.3 is 6.03 Å². The van der Waals surface area contributed by atoms with Gasteiger partial charge in [0.15, 0.2) is 0 Å². The molecule has 0 aliphatic carbocycles. The average molecular weight is 286 g/mol. The van der Waals surface area contributed by atoms with E-state index in [2.05, 4.69) is 10.6 Å². The smallest absolute Gasteiger partial charge is 0.319 e. The van der Waals surface area contributed by atoms with Crippen molar-refractivity contribution in [2.24, 2.45) is 0 Å². The molecule has 0 aromatic heterocycles. The van der Waals surface area contributed by atoms with Crippen LogP contribution in [0.5, 0.6) is 0 Å². The second-order valence-electron chi connectivity index (χ2n) is 4.99.